The summed E-state index contributed by atoms with van der Waals surface area (Å²) >= 11 is 7.58. The highest BCUT2D eigenvalue weighted by Gasteiger charge is 2.06. The van der Waals surface area contributed by atoms with Crippen LogP contribution in [0.15, 0.2) is 82.9 Å². The van der Waals surface area contributed by atoms with Gasteiger partial charge in [-0.15, -0.1) is 0 Å². The van der Waals surface area contributed by atoms with Crippen molar-refractivity contribution in [2.75, 3.05) is 5.75 Å². The zero-order valence-corrected chi connectivity index (χ0v) is 20.1. The summed E-state index contributed by atoms with van der Waals surface area (Å²) in [6.45, 7) is 1.95. The highest BCUT2D eigenvalue weighted by Crippen LogP contribution is 2.26. The number of nitrogens with zero attached hydrogens (tertiary/aromatic N) is 2. The van der Waals surface area contributed by atoms with Crippen LogP contribution in [0, 0.1) is 18.3 Å². The summed E-state index contributed by atoms with van der Waals surface area (Å²) in [6, 6.07) is 22.9. The molecular weight excluding hydrogens is 466 g/mol. The normalized spacial score (nSPS) is 10.6. The van der Waals surface area contributed by atoms with Gasteiger partial charge in [-0.3, -0.25) is 4.79 Å². The highest BCUT2D eigenvalue weighted by atomic mass is 35.5. The quantitative estimate of drug-likeness (QED) is 0.232. The molecule has 4 rings (SSSR count). The second kappa shape index (κ2) is 11.1. The van der Waals surface area contributed by atoms with Gasteiger partial charge in [0.25, 0.3) is 5.56 Å². The Morgan fingerprint density at radius 3 is 2.41 bits per heavy atom. The molecule has 0 amide bonds. The van der Waals surface area contributed by atoms with Crippen molar-refractivity contribution >= 4 is 23.4 Å². The number of hydrogen-bond acceptors (Lipinski definition) is 5. The summed E-state index contributed by atoms with van der Waals surface area (Å²) in [5.41, 5.74) is 4.17. The van der Waals surface area contributed by atoms with E-state index in [4.69, 9.17) is 21.6 Å². The lowest BCUT2D eigenvalue weighted by atomic mass is 10.1. The lowest BCUT2D eigenvalue weighted by Crippen LogP contribution is -2.14. The van der Waals surface area contributed by atoms with Crippen LogP contribution in [0.2, 0.25) is 5.02 Å². The number of thioether (sulfide) groups is 1. The van der Waals surface area contributed by atoms with Gasteiger partial charge >= 0.3 is 0 Å². The Morgan fingerprint density at radius 2 is 1.74 bits per heavy atom. The van der Waals surface area contributed by atoms with Gasteiger partial charge in [-0.1, -0.05) is 47.6 Å². The monoisotopic (exact) mass is 487 g/mol. The molecule has 0 unspecified atom stereocenters. The first-order valence-corrected chi connectivity index (χ1v) is 12.1. The van der Waals surface area contributed by atoms with Crippen molar-refractivity contribution < 1.29 is 4.74 Å². The Kier molecular flexibility index (Phi) is 7.69. The molecule has 0 saturated heterocycles. The van der Waals surface area contributed by atoms with Crippen molar-refractivity contribution in [1.82, 2.24) is 9.97 Å². The molecular formula is C27H22ClN3O2S. The number of hydrogen-bond donors (Lipinski definition) is 1. The van der Waals surface area contributed by atoms with E-state index in [0.29, 0.717) is 22.7 Å². The molecule has 0 bridgehead atoms. The van der Waals surface area contributed by atoms with Gasteiger partial charge in [0, 0.05) is 29.0 Å². The maximum absolute atomic E-state index is 12.4. The molecule has 1 aromatic heterocycles. The van der Waals surface area contributed by atoms with Crippen molar-refractivity contribution in [1.29, 1.82) is 5.26 Å². The summed E-state index contributed by atoms with van der Waals surface area (Å²) in [5, 5.41) is 10.2. The summed E-state index contributed by atoms with van der Waals surface area (Å²) in [4.78, 5) is 19.7. The lowest BCUT2D eigenvalue weighted by molar-refractivity contribution is 0.482. The molecule has 0 aliphatic heterocycles. The van der Waals surface area contributed by atoms with Crippen LogP contribution in [0.1, 0.15) is 27.8 Å². The van der Waals surface area contributed by atoms with E-state index in [-0.39, 0.29) is 5.56 Å². The highest BCUT2D eigenvalue weighted by molar-refractivity contribution is 7.99. The van der Waals surface area contributed by atoms with E-state index in [2.05, 4.69) is 16.0 Å². The number of aryl methyl sites for hydroxylation is 2. The number of rotatable bonds is 8. The Balaban J connectivity index is 1.29. The van der Waals surface area contributed by atoms with Gasteiger partial charge < -0.3 is 9.72 Å². The van der Waals surface area contributed by atoms with Crippen molar-refractivity contribution in [2.24, 2.45) is 0 Å². The molecule has 0 atom stereocenters. The number of benzene rings is 3. The molecule has 34 heavy (non-hydrogen) atoms. The van der Waals surface area contributed by atoms with Crippen LogP contribution >= 0.6 is 23.4 Å². The number of halogens is 1. The van der Waals surface area contributed by atoms with E-state index in [1.54, 1.807) is 18.3 Å². The standard InChI is InChI=1S/C27H22ClN3O2S/c1-18-14-24(10-11-25(18)28)33-23-8-6-19(7-9-23)12-13-34-27-30-17-22(26(32)31-27)15-20-2-4-21(16-29)5-3-20/h2-11,14,17H,12-13,15H2,1H3,(H,30,31,32). The fraction of sp³-hybridized carbons (Fsp3) is 0.148. The molecule has 1 N–H and O–H groups in total. The van der Waals surface area contributed by atoms with Gasteiger partial charge in [-0.2, -0.15) is 5.26 Å². The number of aromatic amines is 1. The molecule has 0 spiro atoms. The first-order chi connectivity index (χ1) is 16.5. The summed E-state index contributed by atoms with van der Waals surface area (Å²) in [6.07, 6.45) is 2.94. The first-order valence-electron chi connectivity index (χ1n) is 10.7. The number of ether oxygens (including phenoxy) is 1. The van der Waals surface area contributed by atoms with Gasteiger partial charge in [0.05, 0.1) is 11.6 Å². The maximum atomic E-state index is 12.4. The predicted molar refractivity (Wildman–Crippen MR) is 136 cm³/mol. The van der Waals surface area contributed by atoms with Crippen LogP contribution in [-0.2, 0) is 12.8 Å². The topological polar surface area (TPSA) is 78.8 Å². The fourth-order valence-electron chi connectivity index (χ4n) is 3.33. The average Bonchev–Trinajstić information content (AvgIpc) is 2.85. The third-order valence-corrected chi connectivity index (χ3v) is 6.56. The van der Waals surface area contributed by atoms with Gasteiger partial charge in [0.15, 0.2) is 5.16 Å². The number of H-pyrrole nitrogens is 1. The molecule has 4 aromatic rings. The lowest BCUT2D eigenvalue weighted by Gasteiger charge is -2.08. The second-order valence-electron chi connectivity index (χ2n) is 7.78. The van der Waals surface area contributed by atoms with E-state index >= 15 is 0 Å². The van der Waals surface area contributed by atoms with Gasteiger partial charge in [0.1, 0.15) is 11.5 Å². The van der Waals surface area contributed by atoms with Crippen molar-refractivity contribution in [3.05, 3.63) is 116 Å². The SMILES string of the molecule is Cc1cc(Oc2ccc(CCSc3ncc(Cc4ccc(C#N)cc4)c(=O)[nH]3)cc2)ccc1Cl. The Hall–Kier alpha value is -3.53. The molecule has 0 radical (unpaired) electrons. The third-order valence-electron chi connectivity index (χ3n) is 5.25. The van der Waals surface area contributed by atoms with E-state index < -0.39 is 0 Å². The second-order valence-corrected chi connectivity index (χ2v) is 9.27. The molecule has 0 aliphatic carbocycles. The number of nitriles is 1. The third kappa shape index (κ3) is 6.28. The largest absolute Gasteiger partial charge is 0.457 e. The zero-order valence-electron chi connectivity index (χ0n) is 18.5. The minimum atomic E-state index is -0.138. The van der Waals surface area contributed by atoms with Gasteiger partial charge in [0.2, 0.25) is 0 Å². The van der Waals surface area contributed by atoms with E-state index in [0.717, 1.165) is 39.8 Å². The molecule has 5 nitrogen and oxygen atoms in total. The molecule has 3 aromatic carbocycles. The van der Waals surface area contributed by atoms with Crippen LogP contribution in [0.5, 0.6) is 11.5 Å². The minimum absolute atomic E-state index is 0.138. The Bertz CT molecular complexity index is 1380. The fourth-order valence-corrected chi connectivity index (χ4v) is 4.27. The maximum Gasteiger partial charge on any atom is 0.255 e. The van der Waals surface area contributed by atoms with Crippen LogP contribution < -0.4 is 10.3 Å². The van der Waals surface area contributed by atoms with Crippen LogP contribution in [-0.4, -0.2) is 15.7 Å². The van der Waals surface area contributed by atoms with Crippen LogP contribution in [0.3, 0.4) is 0 Å². The number of nitrogens with one attached hydrogen (secondary N) is 1. The summed E-state index contributed by atoms with van der Waals surface area (Å²) < 4.78 is 5.89. The van der Waals surface area contributed by atoms with Gasteiger partial charge in [-0.25, -0.2) is 4.98 Å². The molecule has 7 heteroatoms. The minimum Gasteiger partial charge on any atom is -0.457 e. The van der Waals surface area contributed by atoms with Crippen molar-refractivity contribution in [3.63, 3.8) is 0 Å². The predicted octanol–water partition coefficient (Wildman–Crippen LogP) is 6.32. The molecule has 0 fully saturated rings. The smallest absolute Gasteiger partial charge is 0.255 e. The first kappa shape index (κ1) is 23.6. The van der Waals surface area contributed by atoms with Crippen LogP contribution in [0.4, 0.5) is 0 Å². The Morgan fingerprint density at radius 1 is 1.03 bits per heavy atom. The van der Waals surface area contributed by atoms with Crippen molar-refractivity contribution in [3.8, 4) is 17.6 Å². The summed E-state index contributed by atoms with van der Waals surface area (Å²) in [5.74, 6) is 2.30. The molecule has 0 saturated carbocycles. The Labute approximate surface area is 207 Å². The zero-order chi connectivity index (χ0) is 23.9. The van der Waals surface area contributed by atoms with E-state index in [1.807, 2.05) is 61.5 Å². The van der Waals surface area contributed by atoms with Crippen LogP contribution in [0.25, 0.3) is 0 Å². The molecule has 1 heterocycles. The number of aromatic nitrogens is 2. The molecule has 0 aliphatic rings. The van der Waals surface area contributed by atoms with Crippen molar-refractivity contribution in [2.45, 2.75) is 24.9 Å². The summed E-state index contributed by atoms with van der Waals surface area (Å²) in [7, 11) is 0. The van der Waals surface area contributed by atoms with Gasteiger partial charge in [-0.05, 0) is 72.5 Å². The average molecular weight is 488 g/mol. The molecule has 170 valence electrons. The van der Waals surface area contributed by atoms with E-state index in [1.165, 1.54) is 17.3 Å². The van der Waals surface area contributed by atoms with E-state index in [9.17, 15) is 4.79 Å².